The van der Waals surface area contributed by atoms with Gasteiger partial charge < -0.3 is 10.0 Å². The average Bonchev–Trinajstić information content (AvgIpc) is 2.79. The van der Waals surface area contributed by atoms with Gasteiger partial charge >= 0.3 is 5.97 Å². The van der Waals surface area contributed by atoms with Crippen LogP contribution in [0, 0.1) is 17.3 Å². The lowest BCUT2D eigenvalue weighted by Gasteiger charge is -2.38. The summed E-state index contributed by atoms with van der Waals surface area (Å²) >= 11 is 0. The Morgan fingerprint density at radius 3 is 2.28 bits per heavy atom. The van der Waals surface area contributed by atoms with Crippen LogP contribution in [0.2, 0.25) is 0 Å². The first-order chi connectivity index (χ1) is 8.53. The number of hydrogen-bond acceptors (Lipinski definition) is 2. The van der Waals surface area contributed by atoms with Gasteiger partial charge in [0.05, 0.1) is 5.41 Å². The first-order valence-electron chi connectivity index (χ1n) is 7.49. The second kappa shape index (κ2) is 5.60. The monoisotopic (exact) mass is 253 g/mol. The first kappa shape index (κ1) is 13.9. The molecule has 2 rings (SSSR count). The molecule has 1 saturated carbocycles. The largest absolute Gasteiger partial charge is 0.481 e. The Kier molecular flexibility index (Phi) is 4.31. The Balaban J connectivity index is 1.88. The third kappa shape index (κ3) is 2.87. The molecule has 1 aliphatic carbocycles. The molecule has 0 radical (unpaired) electrons. The highest BCUT2D eigenvalue weighted by Gasteiger charge is 2.42. The van der Waals surface area contributed by atoms with Gasteiger partial charge in [-0.2, -0.15) is 0 Å². The zero-order valence-corrected chi connectivity index (χ0v) is 11.8. The van der Waals surface area contributed by atoms with Crippen LogP contribution in [-0.4, -0.2) is 35.6 Å². The fourth-order valence-corrected chi connectivity index (χ4v) is 3.70. The van der Waals surface area contributed by atoms with Crippen molar-refractivity contribution in [3.63, 3.8) is 0 Å². The number of carboxylic acids is 1. The van der Waals surface area contributed by atoms with Crippen LogP contribution in [0.5, 0.6) is 0 Å². The van der Waals surface area contributed by atoms with Crippen molar-refractivity contribution >= 4 is 5.97 Å². The molecule has 0 aromatic heterocycles. The van der Waals surface area contributed by atoms with Crippen LogP contribution in [0.4, 0.5) is 0 Å². The van der Waals surface area contributed by atoms with Gasteiger partial charge in [0.15, 0.2) is 0 Å². The Hall–Kier alpha value is -0.570. The number of likely N-dealkylation sites (tertiary alicyclic amines) is 1. The predicted molar refractivity (Wildman–Crippen MR) is 72.5 cm³/mol. The molecule has 3 heteroatoms. The number of aliphatic carboxylic acids is 1. The summed E-state index contributed by atoms with van der Waals surface area (Å²) in [6, 6.07) is 0. The van der Waals surface area contributed by atoms with Crippen LogP contribution in [0.25, 0.3) is 0 Å². The molecule has 1 N–H and O–H groups in total. The molecule has 1 heterocycles. The Labute approximate surface area is 111 Å². The molecule has 0 aromatic rings. The zero-order valence-electron chi connectivity index (χ0n) is 11.8. The van der Waals surface area contributed by atoms with E-state index in [1.807, 2.05) is 0 Å². The molecule has 0 unspecified atom stereocenters. The molecule has 1 saturated heterocycles. The number of carbonyl (C=O) groups is 1. The molecule has 0 amide bonds. The summed E-state index contributed by atoms with van der Waals surface area (Å²) in [5, 5.41) is 9.51. The van der Waals surface area contributed by atoms with Crippen LogP contribution in [0.15, 0.2) is 0 Å². The predicted octanol–water partition coefficient (Wildman–Crippen LogP) is 3.00. The van der Waals surface area contributed by atoms with Crippen LogP contribution in [-0.2, 0) is 4.79 Å². The second-order valence-electron chi connectivity index (χ2n) is 6.65. The third-order valence-corrected chi connectivity index (χ3v) is 5.12. The molecule has 2 fully saturated rings. The van der Waals surface area contributed by atoms with Gasteiger partial charge in [-0.3, -0.25) is 4.79 Å². The van der Waals surface area contributed by atoms with E-state index in [9.17, 15) is 9.90 Å². The smallest absolute Gasteiger partial charge is 0.310 e. The molecule has 0 spiro atoms. The third-order valence-electron chi connectivity index (χ3n) is 5.12. The number of carboxylic acid groups (broad SMARTS) is 1. The Morgan fingerprint density at radius 1 is 1.28 bits per heavy atom. The van der Waals surface area contributed by atoms with E-state index >= 15 is 0 Å². The summed E-state index contributed by atoms with van der Waals surface area (Å²) in [5.41, 5.74) is -0.426. The number of piperidine rings is 1. The molecule has 18 heavy (non-hydrogen) atoms. The van der Waals surface area contributed by atoms with E-state index in [-0.39, 0.29) is 0 Å². The molecule has 104 valence electrons. The molecular weight excluding hydrogens is 226 g/mol. The van der Waals surface area contributed by atoms with Crippen molar-refractivity contribution in [2.75, 3.05) is 19.6 Å². The van der Waals surface area contributed by atoms with Gasteiger partial charge in [-0.05, 0) is 50.6 Å². The van der Waals surface area contributed by atoms with Crippen molar-refractivity contribution in [2.24, 2.45) is 17.3 Å². The van der Waals surface area contributed by atoms with E-state index < -0.39 is 11.4 Å². The minimum atomic E-state index is -0.564. The van der Waals surface area contributed by atoms with Crippen molar-refractivity contribution in [1.29, 1.82) is 0 Å². The van der Waals surface area contributed by atoms with Gasteiger partial charge in [0.1, 0.15) is 0 Å². The maximum atomic E-state index is 11.5. The fourth-order valence-electron chi connectivity index (χ4n) is 3.70. The molecular formula is C15H27NO2. The minimum Gasteiger partial charge on any atom is -0.481 e. The molecule has 0 aromatic carbocycles. The zero-order chi connectivity index (χ0) is 13.2. The number of hydrogen-bond donors (Lipinski definition) is 1. The lowest BCUT2D eigenvalue weighted by molar-refractivity contribution is -0.150. The van der Waals surface area contributed by atoms with E-state index in [1.54, 1.807) is 0 Å². The van der Waals surface area contributed by atoms with Gasteiger partial charge in [-0.25, -0.2) is 0 Å². The summed E-state index contributed by atoms with van der Waals surface area (Å²) < 4.78 is 0. The average molecular weight is 253 g/mol. The standard InChI is InChI=1S/C15H27NO2/c1-12(2)13-5-9-16(10-6-13)11-15(14(17)18)7-3-4-8-15/h12-13H,3-11H2,1-2H3,(H,17,18). The Morgan fingerprint density at radius 2 is 1.83 bits per heavy atom. The van der Waals surface area contributed by atoms with E-state index in [0.29, 0.717) is 0 Å². The van der Waals surface area contributed by atoms with Gasteiger partial charge in [-0.15, -0.1) is 0 Å². The van der Waals surface area contributed by atoms with Crippen LogP contribution >= 0.6 is 0 Å². The lowest BCUT2D eigenvalue weighted by atomic mass is 9.83. The van der Waals surface area contributed by atoms with Crippen molar-refractivity contribution < 1.29 is 9.90 Å². The summed E-state index contributed by atoms with van der Waals surface area (Å²) in [6.07, 6.45) is 6.43. The van der Waals surface area contributed by atoms with Gasteiger partial charge in [-0.1, -0.05) is 26.7 Å². The number of nitrogens with zero attached hydrogens (tertiary/aromatic N) is 1. The molecule has 3 nitrogen and oxygen atoms in total. The van der Waals surface area contributed by atoms with Crippen molar-refractivity contribution in [1.82, 2.24) is 4.90 Å². The molecule has 1 aliphatic heterocycles. The topological polar surface area (TPSA) is 40.5 Å². The summed E-state index contributed by atoms with van der Waals surface area (Å²) in [4.78, 5) is 13.9. The van der Waals surface area contributed by atoms with E-state index in [2.05, 4.69) is 18.7 Å². The van der Waals surface area contributed by atoms with Gasteiger partial charge in [0, 0.05) is 6.54 Å². The van der Waals surface area contributed by atoms with Crippen molar-refractivity contribution in [3.05, 3.63) is 0 Å². The normalized spacial score (nSPS) is 25.7. The SMILES string of the molecule is CC(C)C1CCN(CC2(C(=O)O)CCCC2)CC1. The minimum absolute atomic E-state index is 0.426. The first-order valence-corrected chi connectivity index (χ1v) is 7.49. The molecule has 2 aliphatic rings. The highest BCUT2D eigenvalue weighted by Crippen LogP contribution is 2.40. The van der Waals surface area contributed by atoms with Gasteiger partial charge in [0.25, 0.3) is 0 Å². The highest BCUT2D eigenvalue weighted by atomic mass is 16.4. The van der Waals surface area contributed by atoms with Crippen LogP contribution in [0.1, 0.15) is 52.4 Å². The summed E-state index contributed by atoms with van der Waals surface area (Å²) in [5.74, 6) is 1.05. The lowest BCUT2D eigenvalue weighted by Crippen LogP contribution is -2.45. The van der Waals surface area contributed by atoms with E-state index in [1.165, 1.54) is 12.8 Å². The fraction of sp³-hybridized carbons (Fsp3) is 0.933. The maximum Gasteiger partial charge on any atom is 0.310 e. The van der Waals surface area contributed by atoms with Gasteiger partial charge in [0.2, 0.25) is 0 Å². The highest BCUT2D eigenvalue weighted by molar-refractivity contribution is 5.75. The quantitative estimate of drug-likeness (QED) is 0.837. The van der Waals surface area contributed by atoms with Crippen LogP contribution < -0.4 is 0 Å². The summed E-state index contributed by atoms with van der Waals surface area (Å²) in [6.45, 7) is 7.58. The Bertz CT molecular complexity index is 287. The van der Waals surface area contributed by atoms with Crippen LogP contribution in [0.3, 0.4) is 0 Å². The summed E-state index contributed by atoms with van der Waals surface area (Å²) in [7, 11) is 0. The maximum absolute atomic E-state index is 11.5. The van der Waals surface area contributed by atoms with E-state index in [4.69, 9.17) is 0 Å². The van der Waals surface area contributed by atoms with Crippen molar-refractivity contribution in [3.8, 4) is 0 Å². The number of rotatable bonds is 4. The molecule has 0 bridgehead atoms. The van der Waals surface area contributed by atoms with Crippen molar-refractivity contribution in [2.45, 2.75) is 52.4 Å². The second-order valence-corrected chi connectivity index (χ2v) is 6.65. The molecule has 0 atom stereocenters. The van der Waals surface area contributed by atoms with E-state index in [0.717, 1.165) is 57.2 Å².